The summed E-state index contributed by atoms with van der Waals surface area (Å²) in [7, 11) is 1.52. The number of hydrogen-bond acceptors (Lipinski definition) is 6. The van der Waals surface area contributed by atoms with E-state index in [-0.39, 0.29) is 11.5 Å². The lowest BCUT2D eigenvalue weighted by Gasteiger charge is -2.19. The Hall–Kier alpha value is -2.63. The molecule has 2 aromatic carbocycles. The second-order valence-corrected chi connectivity index (χ2v) is 8.17. The maximum Gasteiger partial charge on any atom is 0.252 e. The number of ether oxygens (including phenoxy) is 1. The van der Waals surface area contributed by atoms with Gasteiger partial charge in [0.25, 0.3) is 5.91 Å². The van der Waals surface area contributed by atoms with Crippen molar-refractivity contribution in [3.63, 3.8) is 0 Å². The first-order chi connectivity index (χ1) is 14.8. The number of anilines is 1. The lowest BCUT2D eigenvalue weighted by Crippen LogP contribution is -2.46. The van der Waals surface area contributed by atoms with Crippen LogP contribution in [-0.2, 0) is 9.59 Å². The van der Waals surface area contributed by atoms with E-state index in [1.165, 1.54) is 7.11 Å². The maximum absolute atomic E-state index is 12.3. The number of benzene rings is 2. The van der Waals surface area contributed by atoms with E-state index in [0.717, 1.165) is 10.2 Å². The molecule has 31 heavy (non-hydrogen) atoms. The highest BCUT2D eigenvalue weighted by Crippen LogP contribution is 2.15. The molecule has 4 N–H and O–H groups in total. The normalized spacial score (nSPS) is 12.1. The van der Waals surface area contributed by atoms with Gasteiger partial charge in [-0.2, -0.15) is 12.6 Å². The fraction of sp³-hybridized carbons (Fsp3) is 0.200. The number of thiocarbonyl (C=S) groups is 1. The first-order valence-corrected chi connectivity index (χ1v) is 10.7. The van der Waals surface area contributed by atoms with Crippen molar-refractivity contribution in [2.45, 2.75) is 11.8 Å². The van der Waals surface area contributed by atoms with E-state index in [0.29, 0.717) is 17.6 Å². The van der Waals surface area contributed by atoms with Crippen molar-refractivity contribution < 1.29 is 19.1 Å². The molecule has 0 aliphatic heterocycles. The lowest BCUT2D eigenvalue weighted by molar-refractivity contribution is -0.125. The van der Waals surface area contributed by atoms with Crippen LogP contribution in [0.5, 0.6) is 5.75 Å². The summed E-state index contributed by atoms with van der Waals surface area (Å²) < 4.78 is 5.97. The highest BCUT2D eigenvalue weighted by Gasteiger charge is 2.23. The van der Waals surface area contributed by atoms with Gasteiger partial charge >= 0.3 is 0 Å². The van der Waals surface area contributed by atoms with Crippen molar-refractivity contribution >= 4 is 69.7 Å². The molecule has 0 saturated heterocycles. The predicted octanol–water partition coefficient (Wildman–Crippen LogP) is 2.67. The van der Waals surface area contributed by atoms with Crippen LogP contribution in [0.1, 0.15) is 16.8 Å². The summed E-state index contributed by atoms with van der Waals surface area (Å²) in [5.74, 6) is -1.15. The standard InChI is InChI=1S/C20H21BrN4O4S2/c1-29-16-8-2-12(3-9-16)18(28)23-19(30)13(11-26)10-17(27)24-25-20(31)22-15-6-4-14(21)5-7-15/h2-9,11,13,19,30H,10H2,1H3,(H,23,28)(H,24,27)(H2,22,25,31). The van der Waals surface area contributed by atoms with Gasteiger partial charge < -0.3 is 20.2 Å². The minimum atomic E-state index is -0.856. The van der Waals surface area contributed by atoms with Crippen LogP contribution in [0.4, 0.5) is 5.69 Å². The number of thiol groups is 1. The van der Waals surface area contributed by atoms with Crippen LogP contribution in [0, 0.1) is 5.92 Å². The molecule has 0 radical (unpaired) electrons. The van der Waals surface area contributed by atoms with Crippen molar-refractivity contribution in [1.29, 1.82) is 0 Å². The molecule has 2 atom stereocenters. The Kier molecular flexibility index (Phi) is 9.76. The van der Waals surface area contributed by atoms with Gasteiger partial charge in [0, 0.05) is 22.1 Å². The van der Waals surface area contributed by atoms with Gasteiger partial charge in [-0.1, -0.05) is 15.9 Å². The van der Waals surface area contributed by atoms with E-state index in [4.69, 9.17) is 17.0 Å². The minimum Gasteiger partial charge on any atom is -0.497 e. The minimum absolute atomic E-state index is 0.175. The molecule has 0 aliphatic rings. The Bertz CT molecular complexity index is 926. The average molecular weight is 525 g/mol. The zero-order chi connectivity index (χ0) is 22.8. The fourth-order valence-corrected chi connectivity index (χ4v) is 3.11. The van der Waals surface area contributed by atoms with E-state index in [9.17, 15) is 14.4 Å². The first-order valence-electron chi connectivity index (χ1n) is 9.02. The van der Waals surface area contributed by atoms with E-state index >= 15 is 0 Å². The van der Waals surface area contributed by atoms with E-state index in [1.54, 1.807) is 36.4 Å². The molecule has 0 saturated carbocycles. The van der Waals surface area contributed by atoms with E-state index in [1.807, 2.05) is 12.1 Å². The smallest absolute Gasteiger partial charge is 0.252 e. The molecular formula is C20H21BrN4O4S2. The second kappa shape index (κ2) is 12.3. The number of carbonyl (C=O) groups is 3. The molecule has 0 aliphatic carbocycles. The summed E-state index contributed by atoms with van der Waals surface area (Å²) >= 11 is 12.7. The van der Waals surface area contributed by atoms with Gasteiger partial charge in [-0.05, 0) is 60.7 Å². The molecule has 164 valence electrons. The number of halogens is 1. The van der Waals surface area contributed by atoms with E-state index in [2.05, 4.69) is 50.0 Å². The molecule has 0 heterocycles. The molecule has 0 spiro atoms. The third kappa shape index (κ3) is 8.19. The second-order valence-electron chi connectivity index (χ2n) is 6.29. The van der Waals surface area contributed by atoms with E-state index < -0.39 is 23.1 Å². The Balaban J connectivity index is 1.81. The summed E-state index contributed by atoms with van der Waals surface area (Å²) in [6.45, 7) is 0. The third-order valence-electron chi connectivity index (χ3n) is 4.05. The zero-order valence-corrected chi connectivity index (χ0v) is 19.7. The summed E-state index contributed by atoms with van der Waals surface area (Å²) in [5, 5.41) is 4.82. The SMILES string of the molecule is COc1ccc(C(=O)NC(S)C(C=O)CC(=O)NNC(=S)Nc2ccc(Br)cc2)cc1. The number of aldehydes is 1. The predicted molar refractivity (Wildman–Crippen MR) is 129 cm³/mol. The van der Waals surface area contributed by atoms with Crippen molar-refractivity contribution in [2.24, 2.45) is 5.92 Å². The monoisotopic (exact) mass is 524 g/mol. The van der Waals surface area contributed by atoms with Crippen molar-refractivity contribution in [3.8, 4) is 5.75 Å². The van der Waals surface area contributed by atoms with Crippen LogP contribution in [-0.4, -0.2) is 35.7 Å². The summed E-state index contributed by atoms with van der Waals surface area (Å²) in [4.78, 5) is 35.9. The topological polar surface area (TPSA) is 109 Å². The highest BCUT2D eigenvalue weighted by atomic mass is 79.9. The van der Waals surface area contributed by atoms with Crippen LogP contribution in [0.3, 0.4) is 0 Å². The summed E-state index contributed by atoms with van der Waals surface area (Å²) in [5.41, 5.74) is 6.08. The molecule has 11 heteroatoms. The van der Waals surface area contributed by atoms with Crippen LogP contribution in [0.2, 0.25) is 0 Å². The number of methoxy groups -OCH3 is 1. The number of hydrogen-bond donors (Lipinski definition) is 5. The van der Waals surface area contributed by atoms with Gasteiger partial charge in [-0.25, -0.2) is 0 Å². The van der Waals surface area contributed by atoms with Crippen molar-refractivity contribution in [3.05, 3.63) is 58.6 Å². The Morgan fingerprint density at radius 2 is 1.77 bits per heavy atom. The van der Waals surface area contributed by atoms with Gasteiger partial charge in [0.2, 0.25) is 5.91 Å². The molecule has 0 bridgehead atoms. The number of amides is 2. The Morgan fingerprint density at radius 1 is 1.13 bits per heavy atom. The van der Waals surface area contributed by atoms with Gasteiger partial charge in [-0.15, -0.1) is 0 Å². The van der Waals surface area contributed by atoms with Crippen LogP contribution in [0.25, 0.3) is 0 Å². The average Bonchev–Trinajstić information content (AvgIpc) is 2.77. The van der Waals surface area contributed by atoms with Gasteiger partial charge in [0.1, 0.15) is 12.0 Å². The molecule has 2 aromatic rings. The van der Waals surface area contributed by atoms with Crippen LogP contribution in [0.15, 0.2) is 53.0 Å². The molecule has 2 amide bonds. The van der Waals surface area contributed by atoms with Crippen LogP contribution < -0.4 is 26.2 Å². The van der Waals surface area contributed by atoms with Crippen molar-refractivity contribution in [2.75, 3.05) is 12.4 Å². The molecule has 0 fully saturated rings. The lowest BCUT2D eigenvalue weighted by atomic mass is 10.1. The van der Waals surface area contributed by atoms with Gasteiger partial charge in [0.05, 0.1) is 18.4 Å². The fourth-order valence-electron chi connectivity index (χ4n) is 2.39. The zero-order valence-electron chi connectivity index (χ0n) is 16.4. The first kappa shape index (κ1) is 24.6. The maximum atomic E-state index is 12.3. The Labute approximate surface area is 199 Å². The van der Waals surface area contributed by atoms with Gasteiger partial charge in [0.15, 0.2) is 5.11 Å². The molecule has 0 aromatic heterocycles. The molecule has 2 rings (SSSR count). The largest absolute Gasteiger partial charge is 0.497 e. The molecular weight excluding hydrogens is 504 g/mol. The number of carbonyl (C=O) groups excluding carboxylic acids is 3. The number of nitrogens with one attached hydrogen (secondary N) is 4. The highest BCUT2D eigenvalue weighted by molar-refractivity contribution is 9.10. The number of hydrazine groups is 1. The van der Waals surface area contributed by atoms with Crippen LogP contribution >= 0.6 is 40.8 Å². The molecule has 2 unspecified atom stereocenters. The number of rotatable bonds is 8. The summed E-state index contributed by atoms with van der Waals surface area (Å²) in [6.07, 6.45) is 0.373. The van der Waals surface area contributed by atoms with Crippen molar-refractivity contribution in [1.82, 2.24) is 16.2 Å². The third-order valence-corrected chi connectivity index (χ3v) is 5.30. The Morgan fingerprint density at radius 3 is 2.35 bits per heavy atom. The van der Waals surface area contributed by atoms with Gasteiger partial charge in [-0.3, -0.25) is 20.4 Å². The summed E-state index contributed by atoms with van der Waals surface area (Å²) in [6, 6.07) is 13.7. The molecule has 8 nitrogen and oxygen atoms in total. The quantitative estimate of drug-likeness (QED) is 0.119.